The molecule has 2 nitrogen and oxygen atoms in total. The first kappa shape index (κ1) is 25.1. The van der Waals surface area contributed by atoms with Crippen LogP contribution < -0.4 is 0 Å². The third-order valence-electron chi connectivity index (χ3n) is 9.16. The molecule has 0 aromatic heterocycles. The Balaban J connectivity index is 1.41. The first-order valence-corrected chi connectivity index (χ1v) is 14.1. The lowest BCUT2D eigenvalue weighted by atomic mass is 9.71. The molecule has 0 spiro atoms. The molecule has 8 aliphatic carbocycles. The zero-order valence-corrected chi connectivity index (χ0v) is 22.6. The van der Waals surface area contributed by atoms with Gasteiger partial charge < -0.3 is 10.2 Å². The van der Waals surface area contributed by atoms with E-state index >= 15 is 0 Å². The molecule has 38 heavy (non-hydrogen) atoms. The number of benzene rings is 4. The predicted molar refractivity (Wildman–Crippen MR) is 155 cm³/mol. The highest BCUT2D eigenvalue weighted by atomic mass is 16.4. The summed E-state index contributed by atoms with van der Waals surface area (Å²) >= 11 is 0. The fraction of sp³-hybridized carbons (Fsp3) is 0.333. The molecule has 0 amide bonds. The molecule has 0 fully saturated rings. The Hall–Kier alpha value is -3.20. The van der Waals surface area contributed by atoms with Crippen molar-refractivity contribution in [3.8, 4) is 0 Å². The number of hydrogen-bond acceptors (Lipinski definition) is 2. The van der Waals surface area contributed by atoms with Crippen LogP contribution in [-0.4, -0.2) is 10.2 Å². The predicted octanol–water partition coefficient (Wildman–Crippen LogP) is 6.57. The van der Waals surface area contributed by atoms with Crippen molar-refractivity contribution in [2.45, 2.75) is 76.4 Å². The molecule has 8 bridgehead atoms. The maximum Gasteiger partial charge on any atom is 0.120 e. The fourth-order valence-electron chi connectivity index (χ4n) is 6.31. The quantitative estimate of drug-likeness (QED) is 0.333. The van der Waals surface area contributed by atoms with Crippen molar-refractivity contribution in [2.24, 2.45) is 0 Å². The molecule has 2 atom stereocenters. The van der Waals surface area contributed by atoms with Crippen molar-refractivity contribution < 1.29 is 10.2 Å². The van der Waals surface area contributed by atoms with Crippen molar-refractivity contribution in [1.82, 2.24) is 0 Å². The van der Waals surface area contributed by atoms with Crippen molar-refractivity contribution in [1.29, 1.82) is 0 Å². The molecule has 2 heteroatoms. The van der Waals surface area contributed by atoms with Crippen molar-refractivity contribution in [3.05, 3.63) is 141 Å². The minimum absolute atomic E-state index is 0.823. The lowest BCUT2D eigenvalue weighted by molar-refractivity contribution is -0.144. The van der Waals surface area contributed by atoms with E-state index in [4.69, 9.17) is 0 Å². The van der Waals surface area contributed by atoms with Gasteiger partial charge in [0.2, 0.25) is 0 Å². The van der Waals surface area contributed by atoms with Gasteiger partial charge in [-0.2, -0.15) is 0 Å². The molecular formula is C36H38O2. The Morgan fingerprint density at radius 3 is 1.00 bits per heavy atom. The normalized spacial score (nSPS) is 18.1. The molecule has 0 aliphatic heterocycles. The van der Waals surface area contributed by atoms with Gasteiger partial charge in [-0.25, -0.2) is 0 Å². The first-order valence-electron chi connectivity index (χ1n) is 14.1. The van der Waals surface area contributed by atoms with Gasteiger partial charge in [0, 0.05) is 0 Å². The minimum atomic E-state index is -1.46. The molecule has 4 aromatic carbocycles. The highest BCUT2D eigenvalue weighted by Gasteiger charge is 2.46. The van der Waals surface area contributed by atoms with Crippen LogP contribution in [-0.2, 0) is 62.6 Å². The van der Waals surface area contributed by atoms with Gasteiger partial charge in [-0.3, -0.25) is 0 Å². The van der Waals surface area contributed by atoms with E-state index in [-0.39, 0.29) is 0 Å². The SMILES string of the molecule is C[C@@](O)(c1cc2ccc1CCc1ccc(cc1)CC2)[C@](C)(O)c1cc2ccc1CCc1ccc(cc1)CC2. The molecule has 0 saturated carbocycles. The zero-order valence-electron chi connectivity index (χ0n) is 22.6. The van der Waals surface area contributed by atoms with E-state index in [1.54, 1.807) is 0 Å². The van der Waals surface area contributed by atoms with Crippen LogP contribution in [0.3, 0.4) is 0 Å². The van der Waals surface area contributed by atoms with E-state index in [0.717, 1.165) is 73.6 Å². The van der Waals surface area contributed by atoms with Crippen molar-refractivity contribution in [2.75, 3.05) is 0 Å². The summed E-state index contributed by atoms with van der Waals surface area (Å²) in [6.45, 7) is 3.62. The number of hydrogen-bond donors (Lipinski definition) is 2. The van der Waals surface area contributed by atoms with Gasteiger partial charge in [-0.1, -0.05) is 84.9 Å². The minimum Gasteiger partial charge on any atom is -0.382 e. The second kappa shape index (κ2) is 9.84. The lowest BCUT2D eigenvalue weighted by Crippen LogP contribution is -2.46. The molecule has 4 aromatic rings. The van der Waals surface area contributed by atoms with Gasteiger partial charge in [0.15, 0.2) is 0 Å². The molecule has 8 aliphatic rings. The largest absolute Gasteiger partial charge is 0.382 e. The van der Waals surface area contributed by atoms with Crippen LogP contribution in [0.2, 0.25) is 0 Å². The molecule has 0 unspecified atom stereocenters. The van der Waals surface area contributed by atoms with Crippen LogP contribution in [0.5, 0.6) is 0 Å². The average molecular weight is 503 g/mol. The Morgan fingerprint density at radius 1 is 0.395 bits per heavy atom. The van der Waals surface area contributed by atoms with E-state index < -0.39 is 11.2 Å². The second-order valence-corrected chi connectivity index (χ2v) is 11.8. The van der Waals surface area contributed by atoms with Crippen LogP contribution >= 0.6 is 0 Å². The van der Waals surface area contributed by atoms with Crippen LogP contribution in [0.1, 0.15) is 69.5 Å². The summed E-state index contributed by atoms with van der Waals surface area (Å²) in [5.74, 6) is 0. The zero-order chi connectivity index (χ0) is 26.3. The molecular weight excluding hydrogens is 464 g/mol. The van der Waals surface area contributed by atoms with Crippen LogP contribution in [0.4, 0.5) is 0 Å². The molecule has 194 valence electrons. The molecule has 0 saturated heterocycles. The molecule has 2 N–H and O–H groups in total. The topological polar surface area (TPSA) is 40.5 Å². The number of aliphatic hydroxyl groups is 2. The monoisotopic (exact) mass is 502 g/mol. The highest BCUT2D eigenvalue weighted by molar-refractivity contribution is 5.45. The van der Waals surface area contributed by atoms with Gasteiger partial charge in [0.25, 0.3) is 0 Å². The Morgan fingerprint density at radius 2 is 0.658 bits per heavy atom. The third kappa shape index (κ3) is 4.72. The maximum atomic E-state index is 12.4. The summed E-state index contributed by atoms with van der Waals surface area (Å²) in [4.78, 5) is 0. The van der Waals surface area contributed by atoms with Crippen molar-refractivity contribution >= 4 is 0 Å². The van der Waals surface area contributed by atoms with Crippen LogP contribution in [0, 0.1) is 0 Å². The van der Waals surface area contributed by atoms with E-state index in [1.807, 2.05) is 13.8 Å². The van der Waals surface area contributed by atoms with Gasteiger partial charge in [-0.15, -0.1) is 0 Å². The van der Waals surface area contributed by atoms with Gasteiger partial charge >= 0.3 is 0 Å². The third-order valence-corrected chi connectivity index (χ3v) is 9.16. The lowest BCUT2D eigenvalue weighted by Gasteiger charge is -2.42. The van der Waals surface area contributed by atoms with E-state index in [0.29, 0.717) is 0 Å². The Kier molecular flexibility index (Phi) is 6.50. The van der Waals surface area contributed by atoms with Crippen molar-refractivity contribution in [3.63, 3.8) is 0 Å². The summed E-state index contributed by atoms with van der Waals surface area (Å²) in [5.41, 5.74) is 8.67. The van der Waals surface area contributed by atoms with Crippen LogP contribution in [0.15, 0.2) is 84.9 Å². The van der Waals surface area contributed by atoms with Gasteiger partial charge in [0.1, 0.15) is 11.2 Å². The van der Waals surface area contributed by atoms with Crippen LogP contribution in [0.25, 0.3) is 0 Å². The summed E-state index contributed by atoms with van der Waals surface area (Å²) in [5, 5.41) is 24.7. The Bertz CT molecular complexity index is 1330. The summed E-state index contributed by atoms with van der Waals surface area (Å²) in [6.07, 6.45) is 7.20. The van der Waals surface area contributed by atoms with E-state index in [1.165, 1.54) is 33.4 Å². The molecule has 12 rings (SSSR count). The smallest absolute Gasteiger partial charge is 0.120 e. The Labute approximate surface area is 227 Å². The second-order valence-electron chi connectivity index (χ2n) is 11.8. The highest BCUT2D eigenvalue weighted by Crippen LogP contribution is 2.44. The summed E-state index contributed by atoms with van der Waals surface area (Å²) in [7, 11) is 0. The molecule has 0 heterocycles. The maximum absolute atomic E-state index is 12.4. The first-order chi connectivity index (χ1) is 18.3. The average Bonchev–Trinajstić information content (AvgIpc) is 2.91. The standard InChI is InChI=1S/C36H38O2/c1-35(37,33-23-29-13-11-25-3-7-27(8-4-25)15-19-31(33)21-17-29)36(2,38)34-24-30-14-12-26-5-9-28(10-6-26)16-20-32(34)22-18-30/h3-10,17-18,21-24,37-38H,11-16,19-20H2,1-2H3/t35-,36-/m1/s1. The number of rotatable bonds is 3. The van der Waals surface area contributed by atoms with Gasteiger partial charge in [0.05, 0.1) is 0 Å². The van der Waals surface area contributed by atoms with Gasteiger partial charge in [-0.05, 0) is 121 Å². The fourth-order valence-corrected chi connectivity index (χ4v) is 6.31. The summed E-state index contributed by atoms with van der Waals surface area (Å²) < 4.78 is 0. The molecule has 0 radical (unpaired) electrons. The number of aryl methyl sites for hydroxylation is 8. The summed E-state index contributed by atoms with van der Waals surface area (Å²) in [6, 6.07) is 31.0. The van der Waals surface area contributed by atoms with E-state index in [9.17, 15) is 10.2 Å². The van der Waals surface area contributed by atoms with E-state index in [2.05, 4.69) is 84.9 Å².